The molecule has 2 heterocycles. The summed E-state index contributed by atoms with van der Waals surface area (Å²) in [6.45, 7) is 4.52. The van der Waals surface area contributed by atoms with Crippen molar-refractivity contribution >= 4 is 41.7 Å². The molecule has 8 heteroatoms. The normalized spacial score (nSPS) is 20.4. The van der Waals surface area contributed by atoms with Crippen LogP contribution in [0, 0.1) is 0 Å². The summed E-state index contributed by atoms with van der Waals surface area (Å²) < 4.78 is 5.27. The standard InChI is InChI=1S/C33H36N3O4P/c1-4-20-40-33(39)36-23-25(22-30(36)32(38)34(2)3)35-19-18-29(31(35)37)24-12-11-17-28(21-24)41(26-13-7-5-8-14-26)27-15-9-6-10-16-27/h4-17,21,25,29-30H,1,18-20,22-23H2,2-3H3/t25?,29-,30+/m1/s1. The lowest BCUT2D eigenvalue weighted by Gasteiger charge is -2.25. The van der Waals surface area contributed by atoms with Crippen molar-refractivity contribution in [2.24, 2.45) is 0 Å². The number of carbonyl (C=O) groups excluding carboxylic acids is 3. The lowest BCUT2D eigenvalue weighted by atomic mass is 9.98. The predicted molar refractivity (Wildman–Crippen MR) is 163 cm³/mol. The largest absolute Gasteiger partial charge is 0.445 e. The zero-order valence-corrected chi connectivity index (χ0v) is 24.5. The number of likely N-dealkylation sites (tertiary alicyclic amines) is 2. The van der Waals surface area contributed by atoms with Gasteiger partial charge in [-0.25, -0.2) is 4.79 Å². The van der Waals surface area contributed by atoms with Gasteiger partial charge in [0.1, 0.15) is 12.6 Å². The Labute approximate surface area is 243 Å². The topological polar surface area (TPSA) is 70.2 Å². The minimum Gasteiger partial charge on any atom is -0.445 e. The Kier molecular flexibility index (Phi) is 8.84. The van der Waals surface area contributed by atoms with E-state index in [1.54, 1.807) is 14.1 Å². The van der Waals surface area contributed by atoms with Crippen LogP contribution >= 0.6 is 7.92 Å². The summed E-state index contributed by atoms with van der Waals surface area (Å²) in [5.41, 5.74) is 1.01. The van der Waals surface area contributed by atoms with Crippen molar-refractivity contribution in [1.29, 1.82) is 0 Å². The number of hydrogen-bond donors (Lipinski definition) is 0. The van der Waals surface area contributed by atoms with Crippen LogP contribution in [-0.2, 0) is 14.3 Å². The number of benzene rings is 3. The molecule has 212 valence electrons. The Morgan fingerprint density at radius 3 is 2.22 bits per heavy atom. The second kappa shape index (κ2) is 12.7. The van der Waals surface area contributed by atoms with Gasteiger partial charge in [0.2, 0.25) is 11.8 Å². The highest BCUT2D eigenvalue weighted by atomic mass is 31.1. The molecular formula is C33H36N3O4P. The quantitative estimate of drug-likeness (QED) is 0.307. The van der Waals surface area contributed by atoms with Crippen LogP contribution in [0.1, 0.15) is 24.3 Å². The molecule has 0 spiro atoms. The minimum atomic E-state index is -0.781. The molecule has 2 aliphatic heterocycles. The minimum absolute atomic E-state index is 0.0493. The van der Waals surface area contributed by atoms with E-state index in [2.05, 4.69) is 73.3 Å². The van der Waals surface area contributed by atoms with Gasteiger partial charge < -0.3 is 14.5 Å². The lowest BCUT2D eigenvalue weighted by molar-refractivity contribution is -0.133. The van der Waals surface area contributed by atoms with Gasteiger partial charge in [0.05, 0.1) is 12.0 Å². The Bertz CT molecular complexity index is 1360. The second-order valence-corrected chi connectivity index (χ2v) is 12.9. The van der Waals surface area contributed by atoms with Gasteiger partial charge in [-0.1, -0.05) is 91.5 Å². The third-order valence-electron chi connectivity index (χ3n) is 7.80. The molecular weight excluding hydrogens is 533 g/mol. The average Bonchev–Trinajstić information content (AvgIpc) is 3.61. The molecule has 7 nitrogen and oxygen atoms in total. The highest BCUT2D eigenvalue weighted by molar-refractivity contribution is 7.79. The fourth-order valence-electron chi connectivity index (χ4n) is 5.84. The van der Waals surface area contributed by atoms with Crippen molar-refractivity contribution in [2.45, 2.75) is 30.8 Å². The molecule has 0 saturated carbocycles. The van der Waals surface area contributed by atoms with E-state index in [1.807, 2.05) is 23.1 Å². The number of carbonyl (C=O) groups is 3. The van der Waals surface area contributed by atoms with Crippen molar-refractivity contribution in [3.05, 3.63) is 103 Å². The van der Waals surface area contributed by atoms with Gasteiger partial charge in [0.15, 0.2) is 0 Å². The number of hydrogen-bond acceptors (Lipinski definition) is 4. The molecule has 5 rings (SSSR count). The summed E-state index contributed by atoms with van der Waals surface area (Å²) in [5.74, 6) is -0.384. The first-order valence-corrected chi connectivity index (χ1v) is 15.3. The summed E-state index contributed by atoms with van der Waals surface area (Å²) in [6.07, 6.45) is 2.03. The molecule has 2 saturated heterocycles. The van der Waals surface area contributed by atoms with Crippen molar-refractivity contribution in [3.63, 3.8) is 0 Å². The van der Waals surface area contributed by atoms with Crippen molar-refractivity contribution < 1.29 is 19.1 Å². The molecule has 2 fully saturated rings. The molecule has 3 aromatic rings. The zero-order chi connectivity index (χ0) is 28.9. The maximum absolute atomic E-state index is 13.9. The van der Waals surface area contributed by atoms with Crippen LogP contribution in [0.3, 0.4) is 0 Å². The zero-order valence-electron chi connectivity index (χ0n) is 23.6. The number of nitrogens with zero attached hydrogens (tertiary/aromatic N) is 3. The van der Waals surface area contributed by atoms with Crippen molar-refractivity contribution in [2.75, 3.05) is 33.8 Å². The van der Waals surface area contributed by atoms with Gasteiger partial charge in [-0.05, 0) is 48.3 Å². The van der Waals surface area contributed by atoms with Crippen molar-refractivity contribution in [1.82, 2.24) is 14.7 Å². The van der Waals surface area contributed by atoms with Crippen LogP contribution in [0.25, 0.3) is 0 Å². The number of rotatable bonds is 8. The third-order valence-corrected chi connectivity index (χ3v) is 10.2. The van der Waals surface area contributed by atoms with Gasteiger partial charge in [-0.15, -0.1) is 0 Å². The predicted octanol–water partition coefficient (Wildman–Crippen LogP) is 3.61. The lowest BCUT2D eigenvalue weighted by Crippen LogP contribution is -2.45. The second-order valence-electron chi connectivity index (χ2n) is 10.6. The molecule has 0 aromatic heterocycles. The average molecular weight is 570 g/mol. The Morgan fingerprint density at radius 2 is 1.61 bits per heavy atom. The summed E-state index contributed by atoms with van der Waals surface area (Å²) in [4.78, 5) is 44.4. The van der Waals surface area contributed by atoms with E-state index < -0.39 is 20.1 Å². The molecule has 3 atom stereocenters. The molecule has 3 aromatic carbocycles. The van der Waals surface area contributed by atoms with E-state index in [9.17, 15) is 14.4 Å². The van der Waals surface area contributed by atoms with E-state index in [1.165, 1.54) is 31.8 Å². The van der Waals surface area contributed by atoms with Gasteiger partial charge in [-0.2, -0.15) is 0 Å². The smallest absolute Gasteiger partial charge is 0.410 e. The SMILES string of the molecule is C=CCOC(=O)N1CC(N2CC[C@H](c3cccc(P(c4ccccc4)c4ccccc4)c3)C2=O)C[C@H]1C(=O)N(C)C. The van der Waals surface area contributed by atoms with E-state index in [-0.39, 0.29) is 36.9 Å². The van der Waals surface area contributed by atoms with E-state index in [4.69, 9.17) is 4.74 Å². The van der Waals surface area contributed by atoms with Gasteiger partial charge in [-0.3, -0.25) is 14.5 Å². The van der Waals surface area contributed by atoms with Crippen LogP contribution in [-0.4, -0.2) is 78.5 Å². The highest BCUT2D eigenvalue weighted by Crippen LogP contribution is 2.37. The van der Waals surface area contributed by atoms with Crippen LogP contribution < -0.4 is 15.9 Å². The monoisotopic (exact) mass is 569 g/mol. The van der Waals surface area contributed by atoms with Crippen LogP contribution in [0.4, 0.5) is 4.79 Å². The first kappa shape index (κ1) is 28.6. The van der Waals surface area contributed by atoms with Gasteiger partial charge in [0, 0.05) is 27.2 Å². The maximum Gasteiger partial charge on any atom is 0.410 e. The van der Waals surface area contributed by atoms with Crippen molar-refractivity contribution in [3.8, 4) is 0 Å². The number of amides is 3. The maximum atomic E-state index is 13.9. The summed E-state index contributed by atoms with van der Waals surface area (Å²) >= 11 is 0. The van der Waals surface area contributed by atoms with E-state index in [0.717, 1.165) is 5.56 Å². The first-order valence-electron chi connectivity index (χ1n) is 13.9. The Morgan fingerprint density at radius 1 is 0.976 bits per heavy atom. The van der Waals surface area contributed by atoms with Crippen LogP contribution in [0.5, 0.6) is 0 Å². The fraction of sp³-hybridized carbons (Fsp3) is 0.303. The molecule has 2 aliphatic rings. The summed E-state index contributed by atoms with van der Waals surface area (Å²) in [5, 5.41) is 3.72. The molecule has 0 aliphatic carbocycles. The fourth-order valence-corrected chi connectivity index (χ4v) is 8.19. The molecule has 0 bridgehead atoms. The molecule has 1 unspecified atom stereocenters. The van der Waals surface area contributed by atoms with Crippen LogP contribution in [0.2, 0.25) is 0 Å². The summed E-state index contributed by atoms with van der Waals surface area (Å²) in [6, 6.07) is 28.6. The summed E-state index contributed by atoms with van der Waals surface area (Å²) in [7, 11) is 2.57. The van der Waals surface area contributed by atoms with Gasteiger partial charge >= 0.3 is 6.09 Å². The molecule has 3 amide bonds. The third kappa shape index (κ3) is 6.06. The highest BCUT2D eigenvalue weighted by Gasteiger charge is 2.47. The number of likely N-dealkylation sites (N-methyl/N-ethyl adjacent to an activating group) is 1. The number of ether oxygens (including phenoxy) is 1. The van der Waals surface area contributed by atoms with Crippen LogP contribution in [0.15, 0.2) is 97.6 Å². The molecule has 0 N–H and O–H groups in total. The first-order chi connectivity index (χ1) is 19.9. The molecule has 0 radical (unpaired) electrons. The molecule has 41 heavy (non-hydrogen) atoms. The van der Waals surface area contributed by atoms with Gasteiger partial charge in [0.25, 0.3) is 0 Å². The van der Waals surface area contributed by atoms with E-state index >= 15 is 0 Å². The Balaban J connectivity index is 1.38. The Hall–Kier alpha value is -3.96. The van der Waals surface area contributed by atoms with E-state index in [0.29, 0.717) is 19.4 Å².